The maximum Gasteiger partial charge on any atom is 0.323 e. The number of hydrogen-bond donors (Lipinski definition) is 4. The number of likely N-dealkylation sites (N-methyl/N-ethyl adjacent to an activating group) is 1. The molecule has 32 heavy (non-hydrogen) atoms. The molecule has 0 aromatic rings. The fourth-order valence-corrected chi connectivity index (χ4v) is 3.93. The molecule has 0 unspecified atom stereocenters. The molecule has 180 valence electrons. The minimum absolute atomic E-state index is 0.0412. The zero-order chi connectivity index (χ0) is 23.8. The summed E-state index contributed by atoms with van der Waals surface area (Å²) in [6.07, 6.45) is 4.43. The maximum absolute atomic E-state index is 13.2. The lowest BCUT2D eigenvalue weighted by atomic mass is 10.0. The van der Waals surface area contributed by atoms with Crippen LogP contribution in [-0.2, 0) is 19.2 Å². The van der Waals surface area contributed by atoms with Crippen LogP contribution in [0.25, 0.3) is 0 Å². The van der Waals surface area contributed by atoms with Gasteiger partial charge in [-0.25, -0.2) is 0 Å². The number of piperidine rings is 1. The highest BCUT2D eigenvalue weighted by Gasteiger charge is 2.39. The Hall–Kier alpha value is -2.85. The summed E-state index contributed by atoms with van der Waals surface area (Å²) < 4.78 is 0. The molecule has 2 fully saturated rings. The zero-order valence-electron chi connectivity index (χ0n) is 19.0. The highest BCUT2D eigenvalue weighted by atomic mass is 16.4. The SMILES string of the molecule is CCCCC(=O)N[C@@H](CC(=O)N(C)[C@H]1CCCN(C(=N)N)C1)C(=O)N(CC(=O)O)C1CC1. The van der Waals surface area contributed by atoms with Gasteiger partial charge in [-0.1, -0.05) is 13.3 Å². The van der Waals surface area contributed by atoms with Gasteiger partial charge >= 0.3 is 5.97 Å². The van der Waals surface area contributed by atoms with Crippen LogP contribution in [0.1, 0.15) is 58.3 Å². The van der Waals surface area contributed by atoms with Crippen molar-refractivity contribution in [1.82, 2.24) is 20.0 Å². The number of carbonyl (C=O) groups is 4. The number of nitrogens with one attached hydrogen (secondary N) is 2. The Balaban J connectivity index is 2.10. The van der Waals surface area contributed by atoms with Crippen LogP contribution < -0.4 is 11.1 Å². The van der Waals surface area contributed by atoms with Gasteiger partial charge in [-0.2, -0.15) is 0 Å². The smallest absolute Gasteiger partial charge is 0.323 e. The van der Waals surface area contributed by atoms with Gasteiger partial charge in [-0.3, -0.25) is 24.6 Å². The quantitative estimate of drug-likeness (QED) is 0.252. The molecule has 2 aliphatic rings. The van der Waals surface area contributed by atoms with Crippen LogP contribution in [0.4, 0.5) is 0 Å². The molecule has 2 atom stereocenters. The highest BCUT2D eigenvalue weighted by molar-refractivity contribution is 5.93. The standard InChI is InChI=1S/C21H36N6O5/c1-3-4-7-17(28)24-16(20(32)27(13-19(30)31)14-8-9-14)11-18(29)25(2)15-6-5-10-26(12-15)21(22)23/h14-16H,3-13H2,1-2H3,(H3,22,23)(H,24,28)(H,30,31)/t15-,16-/m0/s1. The van der Waals surface area contributed by atoms with Crippen molar-refractivity contribution in [2.75, 3.05) is 26.7 Å². The number of unbranched alkanes of at least 4 members (excludes halogenated alkanes) is 1. The average Bonchev–Trinajstić information content (AvgIpc) is 3.59. The first-order valence-corrected chi connectivity index (χ1v) is 11.3. The third-order valence-corrected chi connectivity index (χ3v) is 6.02. The van der Waals surface area contributed by atoms with Gasteiger partial charge in [0.15, 0.2) is 5.96 Å². The fraction of sp³-hybridized carbons (Fsp3) is 0.762. The Morgan fingerprint density at radius 1 is 1.22 bits per heavy atom. The average molecular weight is 453 g/mol. The molecule has 1 aliphatic heterocycles. The molecular weight excluding hydrogens is 416 g/mol. The molecule has 11 heteroatoms. The van der Waals surface area contributed by atoms with E-state index < -0.39 is 24.5 Å². The van der Waals surface area contributed by atoms with Crippen LogP contribution in [0, 0.1) is 5.41 Å². The summed E-state index contributed by atoms with van der Waals surface area (Å²) in [5.41, 5.74) is 5.59. The van der Waals surface area contributed by atoms with Crippen molar-refractivity contribution >= 4 is 29.7 Å². The molecule has 1 saturated carbocycles. The van der Waals surface area contributed by atoms with Crippen molar-refractivity contribution < 1.29 is 24.3 Å². The van der Waals surface area contributed by atoms with Crippen LogP contribution in [0.15, 0.2) is 0 Å². The molecule has 1 heterocycles. The van der Waals surface area contributed by atoms with E-state index in [9.17, 15) is 24.3 Å². The minimum Gasteiger partial charge on any atom is -0.480 e. The number of hydrogen-bond acceptors (Lipinski definition) is 5. The normalized spacial score (nSPS) is 19.1. The lowest BCUT2D eigenvalue weighted by Gasteiger charge is -2.38. The van der Waals surface area contributed by atoms with E-state index >= 15 is 0 Å². The summed E-state index contributed by atoms with van der Waals surface area (Å²) in [5.74, 6) is -2.35. The minimum atomic E-state index is -1.13. The highest BCUT2D eigenvalue weighted by Crippen LogP contribution is 2.27. The van der Waals surface area contributed by atoms with Gasteiger partial charge < -0.3 is 30.9 Å². The molecule has 0 bridgehead atoms. The van der Waals surface area contributed by atoms with Crippen molar-refractivity contribution in [3.05, 3.63) is 0 Å². The van der Waals surface area contributed by atoms with E-state index in [4.69, 9.17) is 11.1 Å². The molecule has 5 N–H and O–H groups in total. The topological polar surface area (TPSA) is 160 Å². The second-order valence-corrected chi connectivity index (χ2v) is 8.65. The Bertz CT molecular complexity index is 725. The first-order chi connectivity index (χ1) is 15.1. The van der Waals surface area contributed by atoms with Crippen molar-refractivity contribution in [3.8, 4) is 0 Å². The number of carbonyl (C=O) groups excluding carboxylic acids is 3. The summed E-state index contributed by atoms with van der Waals surface area (Å²) in [6.45, 7) is 2.59. The van der Waals surface area contributed by atoms with Crippen LogP contribution in [0.5, 0.6) is 0 Å². The van der Waals surface area contributed by atoms with Gasteiger partial charge in [0.05, 0.1) is 6.42 Å². The third-order valence-electron chi connectivity index (χ3n) is 6.02. The van der Waals surface area contributed by atoms with Gasteiger partial charge in [-0.05, 0) is 32.1 Å². The van der Waals surface area contributed by atoms with Crippen LogP contribution in [0.3, 0.4) is 0 Å². The summed E-state index contributed by atoms with van der Waals surface area (Å²) in [4.78, 5) is 54.3. The van der Waals surface area contributed by atoms with Gasteiger partial charge in [-0.15, -0.1) is 0 Å². The Morgan fingerprint density at radius 2 is 1.91 bits per heavy atom. The van der Waals surface area contributed by atoms with E-state index in [0.29, 0.717) is 32.4 Å². The van der Waals surface area contributed by atoms with Gasteiger partial charge in [0.2, 0.25) is 17.7 Å². The molecule has 0 radical (unpaired) electrons. The summed E-state index contributed by atoms with van der Waals surface area (Å²) in [5, 5.41) is 19.5. The molecule has 0 aromatic carbocycles. The number of nitrogens with zero attached hydrogens (tertiary/aromatic N) is 3. The second kappa shape index (κ2) is 11.7. The van der Waals surface area contributed by atoms with E-state index in [1.807, 2.05) is 6.92 Å². The summed E-state index contributed by atoms with van der Waals surface area (Å²) >= 11 is 0. The first kappa shape index (κ1) is 25.4. The zero-order valence-corrected chi connectivity index (χ0v) is 19.0. The predicted molar refractivity (Wildman–Crippen MR) is 118 cm³/mol. The first-order valence-electron chi connectivity index (χ1n) is 11.3. The lowest BCUT2D eigenvalue weighted by molar-refractivity contribution is -0.147. The number of amides is 3. The fourth-order valence-electron chi connectivity index (χ4n) is 3.93. The number of likely N-dealkylation sites (tertiary alicyclic amines) is 1. The van der Waals surface area contributed by atoms with Crippen molar-refractivity contribution in [3.63, 3.8) is 0 Å². The Morgan fingerprint density at radius 3 is 2.47 bits per heavy atom. The van der Waals surface area contributed by atoms with E-state index in [1.165, 1.54) is 4.90 Å². The van der Waals surface area contributed by atoms with Crippen LogP contribution >= 0.6 is 0 Å². The molecule has 1 saturated heterocycles. The summed E-state index contributed by atoms with van der Waals surface area (Å²) in [6, 6.07) is -1.43. The van der Waals surface area contributed by atoms with Crippen LogP contribution in [-0.4, -0.2) is 94.3 Å². The molecule has 0 spiro atoms. The van der Waals surface area contributed by atoms with Gasteiger partial charge in [0, 0.05) is 38.6 Å². The number of aliphatic carboxylic acids is 1. The second-order valence-electron chi connectivity index (χ2n) is 8.65. The molecular formula is C21H36N6O5. The van der Waals surface area contributed by atoms with Gasteiger partial charge in [0.25, 0.3) is 0 Å². The maximum atomic E-state index is 13.2. The molecule has 2 rings (SSSR count). The molecule has 3 amide bonds. The Labute approximate surface area is 188 Å². The number of carboxylic acids is 1. The number of carboxylic acid groups (broad SMARTS) is 1. The number of nitrogens with two attached hydrogens (primary N) is 1. The van der Waals surface area contributed by atoms with Crippen LogP contribution in [0.2, 0.25) is 0 Å². The Kier molecular flexibility index (Phi) is 9.27. The largest absolute Gasteiger partial charge is 0.480 e. The monoisotopic (exact) mass is 452 g/mol. The predicted octanol–water partition coefficient (Wildman–Crippen LogP) is -0.0566. The van der Waals surface area contributed by atoms with Crippen molar-refractivity contribution in [1.29, 1.82) is 5.41 Å². The molecule has 1 aliphatic carbocycles. The van der Waals surface area contributed by atoms with E-state index in [1.54, 1.807) is 16.8 Å². The lowest BCUT2D eigenvalue weighted by Crippen LogP contribution is -2.55. The van der Waals surface area contributed by atoms with E-state index in [0.717, 1.165) is 19.3 Å². The van der Waals surface area contributed by atoms with Crippen molar-refractivity contribution in [2.45, 2.75) is 76.4 Å². The van der Waals surface area contributed by atoms with Crippen molar-refractivity contribution in [2.24, 2.45) is 5.73 Å². The van der Waals surface area contributed by atoms with E-state index in [2.05, 4.69) is 5.32 Å². The molecule has 11 nitrogen and oxygen atoms in total. The van der Waals surface area contributed by atoms with E-state index in [-0.39, 0.29) is 42.7 Å². The number of guanidine groups is 1. The summed E-state index contributed by atoms with van der Waals surface area (Å²) in [7, 11) is 1.65. The van der Waals surface area contributed by atoms with Gasteiger partial charge in [0.1, 0.15) is 12.6 Å². The molecule has 0 aromatic heterocycles. The number of rotatable bonds is 11. The third kappa shape index (κ3) is 7.38.